The van der Waals surface area contributed by atoms with Crippen LogP contribution < -0.4 is 10.0 Å². The van der Waals surface area contributed by atoms with Gasteiger partial charge in [-0.3, -0.25) is 4.79 Å². The van der Waals surface area contributed by atoms with Gasteiger partial charge >= 0.3 is 5.97 Å². The van der Waals surface area contributed by atoms with Crippen molar-refractivity contribution in [3.8, 4) is 0 Å². The number of esters is 1. The zero-order valence-electron chi connectivity index (χ0n) is 18.5. The molecule has 1 heterocycles. The summed E-state index contributed by atoms with van der Waals surface area (Å²) in [5.74, 6) is -1.31. The van der Waals surface area contributed by atoms with E-state index in [0.717, 1.165) is 30.0 Å². The molecular formula is C23H27ClN2O6S. The van der Waals surface area contributed by atoms with E-state index in [1.165, 1.54) is 12.1 Å². The fourth-order valence-corrected chi connectivity index (χ4v) is 5.16. The third kappa shape index (κ3) is 6.77. The maximum atomic E-state index is 12.7. The second-order valence-corrected chi connectivity index (χ2v) is 10.00. The van der Waals surface area contributed by atoms with E-state index < -0.39 is 28.5 Å². The lowest BCUT2D eigenvalue weighted by Gasteiger charge is -2.16. The van der Waals surface area contributed by atoms with Crippen LogP contribution in [0.4, 0.5) is 0 Å². The average Bonchev–Trinajstić information content (AvgIpc) is 3.30. The zero-order chi connectivity index (χ0) is 24.0. The van der Waals surface area contributed by atoms with Gasteiger partial charge in [0.2, 0.25) is 10.0 Å². The predicted molar refractivity (Wildman–Crippen MR) is 124 cm³/mol. The number of hydrogen-bond donors (Lipinski definition) is 2. The summed E-state index contributed by atoms with van der Waals surface area (Å²) in [6.07, 6.45) is 1.46. The van der Waals surface area contributed by atoms with Crippen LogP contribution in [0, 0.1) is 6.92 Å². The molecule has 1 aliphatic rings. The number of nitrogens with one attached hydrogen (secondary N) is 2. The van der Waals surface area contributed by atoms with Crippen LogP contribution in [-0.2, 0) is 24.3 Å². The Balaban J connectivity index is 1.59. The van der Waals surface area contributed by atoms with Crippen molar-refractivity contribution in [1.82, 2.24) is 10.0 Å². The molecule has 1 fully saturated rings. The molecule has 2 N–H and O–H groups in total. The number of sulfonamides is 1. The van der Waals surface area contributed by atoms with Crippen LogP contribution in [0.1, 0.15) is 47.3 Å². The van der Waals surface area contributed by atoms with Gasteiger partial charge in [0.1, 0.15) is 4.90 Å². The highest BCUT2D eigenvalue weighted by atomic mass is 35.5. The van der Waals surface area contributed by atoms with Crippen molar-refractivity contribution < 1.29 is 27.5 Å². The molecule has 2 atom stereocenters. The number of carbonyl (C=O) groups excluding carboxylic acids is 2. The van der Waals surface area contributed by atoms with Crippen LogP contribution in [0.15, 0.2) is 47.4 Å². The molecule has 2 unspecified atom stereocenters. The topological polar surface area (TPSA) is 111 Å². The Morgan fingerprint density at radius 1 is 1.24 bits per heavy atom. The molecule has 0 saturated carbocycles. The smallest absolute Gasteiger partial charge is 0.338 e. The molecule has 0 bridgehead atoms. The molecule has 10 heteroatoms. The summed E-state index contributed by atoms with van der Waals surface area (Å²) in [4.78, 5) is 24.4. The van der Waals surface area contributed by atoms with Gasteiger partial charge in [0.25, 0.3) is 5.91 Å². The molecule has 0 aliphatic carbocycles. The van der Waals surface area contributed by atoms with Crippen LogP contribution in [0.3, 0.4) is 0 Å². The van der Waals surface area contributed by atoms with Gasteiger partial charge in [0.05, 0.1) is 22.7 Å². The predicted octanol–water partition coefficient (Wildman–Crippen LogP) is 3.14. The van der Waals surface area contributed by atoms with Gasteiger partial charge in [-0.2, -0.15) is 0 Å². The minimum atomic E-state index is -3.97. The van der Waals surface area contributed by atoms with Crippen LogP contribution in [0.2, 0.25) is 5.02 Å². The molecule has 1 amide bonds. The van der Waals surface area contributed by atoms with E-state index in [2.05, 4.69) is 10.0 Å². The second kappa shape index (κ2) is 11.1. The molecule has 1 aliphatic heterocycles. The van der Waals surface area contributed by atoms with Gasteiger partial charge in [0, 0.05) is 13.2 Å². The van der Waals surface area contributed by atoms with Gasteiger partial charge in [0.15, 0.2) is 6.61 Å². The summed E-state index contributed by atoms with van der Waals surface area (Å²) >= 11 is 6.07. The van der Waals surface area contributed by atoms with E-state index in [1.807, 2.05) is 38.1 Å². The quantitative estimate of drug-likeness (QED) is 0.518. The molecule has 8 nitrogen and oxygen atoms in total. The Bertz CT molecular complexity index is 1120. The van der Waals surface area contributed by atoms with Crippen molar-refractivity contribution in [2.24, 2.45) is 0 Å². The molecule has 2 aromatic rings. The Hall–Kier alpha value is -2.46. The number of amides is 1. The highest BCUT2D eigenvalue weighted by molar-refractivity contribution is 7.89. The van der Waals surface area contributed by atoms with Crippen LogP contribution in [0.25, 0.3) is 0 Å². The SMILES string of the molecule is Cc1ccccc1C(C)NC(=O)COC(=O)c1ccc(Cl)c(S(=O)(=O)NCC2CCCO2)c1. The molecule has 0 aromatic heterocycles. The number of ether oxygens (including phenoxy) is 2. The lowest BCUT2D eigenvalue weighted by atomic mass is 10.0. The van der Waals surface area contributed by atoms with Crippen molar-refractivity contribution >= 4 is 33.5 Å². The minimum absolute atomic E-state index is 0.0309. The summed E-state index contributed by atoms with van der Waals surface area (Å²) < 4.78 is 38.3. The van der Waals surface area contributed by atoms with Gasteiger partial charge < -0.3 is 14.8 Å². The van der Waals surface area contributed by atoms with Crippen molar-refractivity contribution in [3.63, 3.8) is 0 Å². The summed E-state index contributed by atoms with van der Waals surface area (Å²) in [5, 5.41) is 2.75. The highest BCUT2D eigenvalue weighted by Crippen LogP contribution is 2.24. The van der Waals surface area contributed by atoms with E-state index in [0.29, 0.717) is 6.61 Å². The first kappa shape index (κ1) is 25.2. The standard InChI is InChI=1S/C23H27ClN2O6S/c1-15-6-3-4-8-19(15)16(2)26-22(27)14-32-23(28)17-9-10-20(24)21(12-17)33(29,30)25-13-18-7-5-11-31-18/h3-4,6,8-10,12,16,18,25H,5,7,11,13-14H2,1-2H3,(H,26,27). The largest absolute Gasteiger partial charge is 0.452 e. The van der Waals surface area contributed by atoms with Gasteiger partial charge in [-0.1, -0.05) is 35.9 Å². The van der Waals surface area contributed by atoms with Crippen molar-refractivity contribution in [1.29, 1.82) is 0 Å². The Morgan fingerprint density at radius 2 is 2.00 bits per heavy atom. The van der Waals surface area contributed by atoms with E-state index in [-0.39, 0.29) is 34.2 Å². The van der Waals surface area contributed by atoms with Crippen molar-refractivity contribution in [2.45, 2.75) is 43.7 Å². The number of carbonyl (C=O) groups is 2. The first-order valence-electron chi connectivity index (χ1n) is 10.6. The molecule has 3 rings (SSSR count). The van der Waals surface area contributed by atoms with Gasteiger partial charge in [-0.05, 0) is 56.0 Å². The number of aryl methyl sites for hydroxylation is 1. The third-order valence-electron chi connectivity index (χ3n) is 5.35. The van der Waals surface area contributed by atoms with Gasteiger partial charge in [-0.25, -0.2) is 17.9 Å². The molecule has 2 aromatic carbocycles. The Kier molecular flexibility index (Phi) is 8.47. The molecular weight excluding hydrogens is 468 g/mol. The van der Waals surface area contributed by atoms with E-state index >= 15 is 0 Å². The average molecular weight is 495 g/mol. The zero-order valence-corrected chi connectivity index (χ0v) is 20.0. The Morgan fingerprint density at radius 3 is 2.70 bits per heavy atom. The number of halogens is 1. The van der Waals surface area contributed by atoms with E-state index in [1.54, 1.807) is 0 Å². The molecule has 33 heavy (non-hydrogen) atoms. The van der Waals surface area contributed by atoms with Crippen LogP contribution in [0.5, 0.6) is 0 Å². The summed E-state index contributed by atoms with van der Waals surface area (Å²) in [6, 6.07) is 11.2. The second-order valence-electron chi connectivity index (χ2n) is 7.85. The normalized spacial score (nSPS) is 16.9. The summed E-state index contributed by atoms with van der Waals surface area (Å²) in [6.45, 7) is 4.00. The van der Waals surface area contributed by atoms with E-state index in [4.69, 9.17) is 21.1 Å². The summed E-state index contributed by atoms with van der Waals surface area (Å²) in [5.41, 5.74) is 1.96. The van der Waals surface area contributed by atoms with Crippen molar-refractivity contribution in [3.05, 3.63) is 64.2 Å². The fraction of sp³-hybridized carbons (Fsp3) is 0.391. The van der Waals surface area contributed by atoms with Crippen LogP contribution >= 0.6 is 11.6 Å². The number of benzene rings is 2. The molecule has 0 spiro atoms. The lowest BCUT2D eigenvalue weighted by molar-refractivity contribution is -0.124. The Labute approximate surface area is 198 Å². The van der Waals surface area contributed by atoms with Crippen LogP contribution in [-0.4, -0.2) is 46.2 Å². The minimum Gasteiger partial charge on any atom is -0.452 e. The van der Waals surface area contributed by atoms with E-state index in [9.17, 15) is 18.0 Å². The molecule has 1 saturated heterocycles. The maximum absolute atomic E-state index is 12.7. The highest BCUT2D eigenvalue weighted by Gasteiger charge is 2.24. The molecule has 0 radical (unpaired) electrons. The number of rotatable bonds is 9. The maximum Gasteiger partial charge on any atom is 0.338 e. The molecule has 178 valence electrons. The van der Waals surface area contributed by atoms with Crippen molar-refractivity contribution in [2.75, 3.05) is 19.8 Å². The number of hydrogen-bond acceptors (Lipinski definition) is 6. The first-order valence-corrected chi connectivity index (χ1v) is 12.5. The van der Waals surface area contributed by atoms with Gasteiger partial charge in [-0.15, -0.1) is 0 Å². The monoisotopic (exact) mass is 494 g/mol. The fourth-order valence-electron chi connectivity index (χ4n) is 3.57. The lowest BCUT2D eigenvalue weighted by Crippen LogP contribution is -2.32. The first-order chi connectivity index (χ1) is 15.7. The third-order valence-corrected chi connectivity index (χ3v) is 7.25. The summed E-state index contributed by atoms with van der Waals surface area (Å²) in [7, 11) is -3.97.